The fourth-order valence-electron chi connectivity index (χ4n) is 7.32. The summed E-state index contributed by atoms with van der Waals surface area (Å²) in [6.07, 6.45) is -4.24. The van der Waals surface area contributed by atoms with Gasteiger partial charge in [0.25, 0.3) is 17.1 Å². The number of ether oxygens (including phenoxy) is 3. The number of nitro groups is 3. The van der Waals surface area contributed by atoms with Crippen molar-refractivity contribution in [3.63, 3.8) is 0 Å². The van der Waals surface area contributed by atoms with Crippen molar-refractivity contribution in [1.82, 2.24) is 15.1 Å². The monoisotopic (exact) mass is 871 g/mol. The number of likely N-dealkylation sites (tertiary alicyclic amines) is 1. The number of aliphatic hydroxyl groups is 1. The van der Waals surface area contributed by atoms with Crippen LogP contribution in [0.3, 0.4) is 0 Å². The average molecular weight is 872 g/mol. The van der Waals surface area contributed by atoms with Gasteiger partial charge in [0.2, 0.25) is 5.91 Å². The molecular formula is C39H33N7O17. The zero-order valence-electron chi connectivity index (χ0n) is 32.8. The number of β-lactam (4-membered cyclic amide) rings is 1. The molecule has 326 valence electrons. The molecule has 2 fully saturated rings. The summed E-state index contributed by atoms with van der Waals surface area (Å²) in [4.78, 5) is 128. The summed E-state index contributed by atoms with van der Waals surface area (Å²) >= 11 is 0. The largest absolute Gasteiger partial charge is 0.443 e. The van der Waals surface area contributed by atoms with Crippen LogP contribution in [0.2, 0.25) is 0 Å². The van der Waals surface area contributed by atoms with Crippen LogP contribution in [0.4, 0.5) is 26.7 Å². The molecule has 24 nitrogen and oxygen atoms in total. The number of esters is 4. The van der Waals surface area contributed by atoms with E-state index in [1.807, 2.05) is 0 Å². The summed E-state index contributed by atoms with van der Waals surface area (Å²) in [5, 5.41) is 45.5. The molecule has 4 atom stereocenters. The number of rotatable bonds is 12. The highest BCUT2D eigenvalue weighted by molar-refractivity contribution is 6.07. The summed E-state index contributed by atoms with van der Waals surface area (Å²) in [7, 11) is 0. The fourth-order valence-corrected chi connectivity index (χ4v) is 7.32. The van der Waals surface area contributed by atoms with Crippen LogP contribution in [-0.2, 0) is 23.8 Å². The van der Waals surface area contributed by atoms with Gasteiger partial charge >= 0.3 is 36.1 Å². The number of carbonyl (C=O) groups is 7. The van der Waals surface area contributed by atoms with Gasteiger partial charge in [-0.3, -0.25) is 45.4 Å². The van der Waals surface area contributed by atoms with Crippen LogP contribution >= 0.6 is 0 Å². The van der Waals surface area contributed by atoms with E-state index in [2.05, 4.69) is 10.3 Å². The van der Waals surface area contributed by atoms with E-state index in [0.717, 1.165) is 72.8 Å². The molecule has 3 aromatic carbocycles. The average Bonchev–Trinajstić information content (AvgIpc) is 3.46. The van der Waals surface area contributed by atoms with Gasteiger partial charge in [0.15, 0.2) is 0 Å². The number of fused-ring (bicyclic) bond motifs is 1. The number of alkyl carbamates (subject to hydrolysis) is 1. The molecule has 3 heterocycles. The maximum Gasteiger partial charge on any atom is 0.443 e. The maximum absolute atomic E-state index is 13.6. The molecule has 0 aromatic heterocycles. The lowest BCUT2D eigenvalue weighted by Crippen LogP contribution is -2.63. The first kappa shape index (κ1) is 44.4. The summed E-state index contributed by atoms with van der Waals surface area (Å²) in [5.41, 5.74) is -1.47. The van der Waals surface area contributed by atoms with Crippen LogP contribution in [0.1, 0.15) is 51.3 Å². The molecule has 3 aliphatic heterocycles. The molecule has 6 rings (SSSR count). The van der Waals surface area contributed by atoms with Crippen LogP contribution in [0.25, 0.3) is 0 Å². The molecule has 2 N–H and O–H groups in total. The van der Waals surface area contributed by atoms with Crippen LogP contribution in [0.5, 0.6) is 0 Å². The molecule has 0 bridgehead atoms. The molecule has 0 aliphatic carbocycles. The minimum Gasteiger partial charge on any atom is -0.393 e. The Hall–Kier alpha value is -8.12. The highest BCUT2D eigenvalue weighted by Crippen LogP contribution is 2.48. The highest BCUT2D eigenvalue weighted by Gasteiger charge is 2.60. The lowest BCUT2D eigenvalue weighted by molar-refractivity contribution is -0.385. The number of nitro benzene ring substituents is 3. The Morgan fingerprint density at radius 2 is 1.19 bits per heavy atom. The molecule has 0 radical (unpaired) electrons. The highest BCUT2D eigenvalue weighted by atomic mass is 16.6. The van der Waals surface area contributed by atoms with Gasteiger partial charge in [-0.1, -0.05) is 6.92 Å². The summed E-state index contributed by atoms with van der Waals surface area (Å²) < 4.78 is 14.6. The number of hydrogen-bond donors (Lipinski definition) is 2. The Labute approximate surface area is 353 Å². The van der Waals surface area contributed by atoms with Crippen molar-refractivity contribution in [2.75, 3.05) is 19.6 Å². The third-order valence-corrected chi connectivity index (χ3v) is 10.4. The van der Waals surface area contributed by atoms with Crippen LogP contribution in [-0.4, -0.2) is 109 Å². The van der Waals surface area contributed by atoms with Crippen molar-refractivity contribution in [2.24, 2.45) is 22.7 Å². The second-order valence-corrected chi connectivity index (χ2v) is 14.5. The van der Waals surface area contributed by atoms with E-state index in [-0.39, 0.29) is 65.5 Å². The smallest absolute Gasteiger partial charge is 0.393 e. The van der Waals surface area contributed by atoms with Gasteiger partial charge in [-0.25, -0.2) is 28.8 Å². The van der Waals surface area contributed by atoms with Crippen molar-refractivity contribution in [3.8, 4) is 0 Å². The minimum atomic E-state index is -1.52. The molecule has 3 aliphatic rings. The van der Waals surface area contributed by atoms with Crippen molar-refractivity contribution >= 4 is 64.9 Å². The number of nitrogens with one attached hydrogen (secondary N) is 1. The van der Waals surface area contributed by atoms with E-state index >= 15 is 0 Å². The van der Waals surface area contributed by atoms with Gasteiger partial charge in [-0.05, 0) is 54.8 Å². The van der Waals surface area contributed by atoms with Gasteiger partial charge in [0, 0.05) is 68.4 Å². The number of amidine groups is 1. The summed E-state index contributed by atoms with van der Waals surface area (Å²) in [6.45, 7) is 3.60. The zero-order chi connectivity index (χ0) is 45.9. The van der Waals surface area contributed by atoms with Crippen molar-refractivity contribution in [1.29, 1.82) is 0 Å². The minimum absolute atomic E-state index is 0.0398. The number of aliphatic hydroxyl groups excluding tert-OH is 1. The number of hydrogen-bond acceptors (Lipinski definition) is 18. The fraction of sp³-hybridized carbons (Fsp3) is 0.282. The van der Waals surface area contributed by atoms with Crippen LogP contribution in [0, 0.1) is 48.1 Å². The Morgan fingerprint density at radius 1 is 0.746 bits per heavy atom. The lowest BCUT2D eigenvalue weighted by Gasteiger charge is -2.46. The standard InChI is InChI=1S/C39H33N7O17/c1-19-28(32(43-31(19)30(20(2)47)33(43)48)37(52)61-34(49)22-3-9-25(10-4-22)44(55)56)18-42-16-21(17-42)15-29(40-38(53)62-35(50)23-5-11-26(12-6-23)45(57)58)41-39(54)63-36(51)24-7-13-27(14-8-24)46(59)60/h3-14,19-21,30-31,47H,15-18H2,1-2H3,(H,40,41,53,54)/t19-,20+,30+,31+/m0/s1. The summed E-state index contributed by atoms with van der Waals surface area (Å²) in [6, 6.07) is 11.8. The number of aliphatic imine (C=N–C) groups is 1. The number of amides is 3. The van der Waals surface area contributed by atoms with Crippen molar-refractivity contribution < 1.29 is 67.6 Å². The van der Waals surface area contributed by atoms with Gasteiger partial charge < -0.3 is 24.2 Å². The Balaban J connectivity index is 1.16. The van der Waals surface area contributed by atoms with E-state index in [1.165, 1.54) is 11.8 Å². The van der Waals surface area contributed by atoms with Crippen molar-refractivity contribution in [2.45, 2.75) is 32.4 Å². The molecule has 0 saturated carbocycles. The van der Waals surface area contributed by atoms with E-state index in [1.54, 1.807) is 11.8 Å². The predicted octanol–water partition coefficient (Wildman–Crippen LogP) is 3.47. The number of carbonyl (C=O) groups excluding carboxylic acids is 7. The molecule has 2 saturated heterocycles. The van der Waals surface area contributed by atoms with Gasteiger partial charge in [0.05, 0.1) is 49.5 Å². The summed E-state index contributed by atoms with van der Waals surface area (Å²) in [5.74, 6) is -7.56. The molecule has 3 amide bonds. The van der Waals surface area contributed by atoms with Gasteiger partial charge in [0.1, 0.15) is 11.5 Å². The number of nitrogens with zero attached hydrogens (tertiary/aromatic N) is 6. The Kier molecular flexibility index (Phi) is 12.9. The zero-order valence-corrected chi connectivity index (χ0v) is 32.8. The first-order chi connectivity index (χ1) is 29.8. The predicted molar refractivity (Wildman–Crippen MR) is 208 cm³/mol. The quantitative estimate of drug-likeness (QED) is 0.0384. The normalized spacial score (nSPS) is 18.8. The SMILES string of the molecule is C[C@@H](O)[C@H]1C(=O)N2C(C(=O)OC(=O)c3ccc([N+](=O)[O-])cc3)=C(CN3CC(CC(=NC(=O)OC(=O)c4ccc([N+](=O)[O-])cc4)NC(=O)OC(=O)c4ccc([N+](=O)[O-])cc4)C3)[C@H](C)[C@H]12. The first-order valence-electron chi connectivity index (χ1n) is 18.7. The third kappa shape index (κ3) is 9.76. The van der Waals surface area contributed by atoms with Crippen LogP contribution < -0.4 is 5.32 Å². The molecule has 63 heavy (non-hydrogen) atoms. The topological polar surface area (TPSA) is 328 Å². The number of benzene rings is 3. The second-order valence-electron chi connectivity index (χ2n) is 14.5. The second kappa shape index (κ2) is 18.2. The first-order valence-corrected chi connectivity index (χ1v) is 18.7. The lowest BCUT2D eigenvalue weighted by atomic mass is 9.77. The van der Waals surface area contributed by atoms with Gasteiger partial charge in [-0.15, -0.1) is 0 Å². The Bertz CT molecular complexity index is 2500. The van der Waals surface area contributed by atoms with E-state index in [0.29, 0.717) is 5.57 Å². The molecule has 24 heteroatoms. The molecular weight excluding hydrogens is 838 g/mol. The number of non-ortho nitro benzene ring substituents is 3. The third-order valence-electron chi connectivity index (χ3n) is 10.4. The van der Waals surface area contributed by atoms with Crippen LogP contribution in [0.15, 0.2) is 89.1 Å². The molecule has 0 spiro atoms. The van der Waals surface area contributed by atoms with E-state index < -0.39 is 92.5 Å². The molecule has 3 aromatic rings. The van der Waals surface area contributed by atoms with Gasteiger partial charge in [-0.2, -0.15) is 4.99 Å². The van der Waals surface area contributed by atoms with E-state index in [4.69, 9.17) is 14.2 Å². The molecule has 0 unspecified atom stereocenters. The van der Waals surface area contributed by atoms with Crippen molar-refractivity contribution in [3.05, 3.63) is 131 Å². The van der Waals surface area contributed by atoms with E-state index in [9.17, 15) is 69.0 Å². The Morgan fingerprint density at radius 3 is 1.63 bits per heavy atom. The maximum atomic E-state index is 13.6.